The van der Waals surface area contributed by atoms with Crippen molar-refractivity contribution in [3.8, 4) is 0 Å². The molecule has 0 aromatic rings. The molecule has 0 aromatic heterocycles. The molecule has 13 heavy (non-hydrogen) atoms. The highest BCUT2D eigenvalue weighted by atomic mass is 16.1. The minimum absolute atomic E-state index is 0.530. The maximum atomic E-state index is 10.5. The summed E-state index contributed by atoms with van der Waals surface area (Å²) in [6.07, 6.45) is 5.24. The third-order valence-corrected chi connectivity index (χ3v) is 2.91. The lowest BCUT2D eigenvalue weighted by Gasteiger charge is -2.31. The van der Waals surface area contributed by atoms with Crippen LogP contribution in [0.25, 0.3) is 0 Å². The molecular formula is C10H16N2O. The van der Waals surface area contributed by atoms with Gasteiger partial charge in [-0.25, -0.2) is 0 Å². The zero-order valence-corrected chi connectivity index (χ0v) is 7.83. The zero-order chi connectivity index (χ0) is 9.10. The maximum Gasteiger partial charge on any atom is 0.145 e. The van der Waals surface area contributed by atoms with Gasteiger partial charge in [-0.15, -0.1) is 0 Å². The van der Waals surface area contributed by atoms with Crippen LogP contribution in [-0.4, -0.2) is 43.4 Å². The second-order valence-corrected chi connectivity index (χ2v) is 3.75. The Balaban J connectivity index is 1.93. The molecule has 0 spiro atoms. The van der Waals surface area contributed by atoms with Crippen LogP contribution in [0, 0.1) is 0 Å². The first-order valence-electron chi connectivity index (χ1n) is 5.01. The van der Waals surface area contributed by atoms with E-state index in [-0.39, 0.29) is 0 Å². The van der Waals surface area contributed by atoms with Crippen molar-refractivity contribution in [1.29, 1.82) is 0 Å². The first-order valence-corrected chi connectivity index (χ1v) is 5.01. The van der Waals surface area contributed by atoms with E-state index in [4.69, 9.17) is 0 Å². The Labute approximate surface area is 78.8 Å². The number of hydrogen-bond donors (Lipinski definition) is 1. The van der Waals surface area contributed by atoms with Crippen LogP contribution >= 0.6 is 0 Å². The van der Waals surface area contributed by atoms with Gasteiger partial charge in [-0.2, -0.15) is 0 Å². The van der Waals surface area contributed by atoms with Crippen molar-refractivity contribution in [3.05, 3.63) is 11.6 Å². The molecule has 0 bridgehead atoms. The van der Waals surface area contributed by atoms with E-state index in [0.717, 1.165) is 50.9 Å². The normalized spacial score (nSPS) is 30.2. The lowest BCUT2D eigenvalue weighted by molar-refractivity contribution is -0.105. The van der Waals surface area contributed by atoms with E-state index in [0.29, 0.717) is 6.04 Å². The average Bonchev–Trinajstić information content (AvgIpc) is 2.67. The highest BCUT2D eigenvalue weighted by Crippen LogP contribution is 2.21. The molecule has 1 fully saturated rings. The van der Waals surface area contributed by atoms with Gasteiger partial charge in [0.2, 0.25) is 0 Å². The molecule has 1 N–H and O–H groups in total. The van der Waals surface area contributed by atoms with Crippen molar-refractivity contribution in [2.24, 2.45) is 0 Å². The number of hydrogen-bond acceptors (Lipinski definition) is 3. The fourth-order valence-corrected chi connectivity index (χ4v) is 2.13. The lowest BCUT2D eigenvalue weighted by Crippen LogP contribution is -2.47. The van der Waals surface area contributed by atoms with E-state index < -0.39 is 0 Å². The summed E-state index contributed by atoms with van der Waals surface area (Å²) < 4.78 is 0. The molecule has 2 aliphatic rings. The number of carbonyl (C=O) groups excluding carboxylic acids is 1. The van der Waals surface area contributed by atoms with Gasteiger partial charge in [0.1, 0.15) is 6.29 Å². The van der Waals surface area contributed by atoms with Gasteiger partial charge >= 0.3 is 0 Å². The smallest absolute Gasteiger partial charge is 0.145 e. The minimum atomic E-state index is 0.530. The standard InChI is InChI=1S/C10H16N2O/c13-8-9-1-2-10(7-9)12-5-3-11-4-6-12/h7-8,10-11H,1-6H2. The Morgan fingerprint density at radius 1 is 1.46 bits per heavy atom. The Morgan fingerprint density at radius 2 is 2.23 bits per heavy atom. The highest BCUT2D eigenvalue weighted by Gasteiger charge is 2.22. The average molecular weight is 180 g/mol. The van der Waals surface area contributed by atoms with Crippen molar-refractivity contribution in [1.82, 2.24) is 10.2 Å². The minimum Gasteiger partial charge on any atom is -0.314 e. The predicted octanol–water partition coefficient (Wildman–Crippen LogP) is 0.179. The largest absolute Gasteiger partial charge is 0.314 e. The third-order valence-electron chi connectivity index (χ3n) is 2.91. The Hall–Kier alpha value is -0.670. The summed E-state index contributed by atoms with van der Waals surface area (Å²) in [6.45, 7) is 4.40. The molecular weight excluding hydrogens is 164 g/mol. The summed E-state index contributed by atoms with van der Waals surface area (Å²) in [4.78, 5) is 13.0. The van der Waals surface area contributed by atoms with Gasteiger partial charge in [-0.1, -0.05) is 6.08 Å². The second kappa shape index (κ2) is 4.03. The van der Waals surface area contributed by atoms with Crippen LogP contribution in [-0.2, 0) is 4.79 Å². The molecule has 72 valence electrons. The summed E-state index contributed by atoms with van der Waals surface area (Å²) >= 11 is 0. The number of carbonyl (C=O) groups is 1. The van der Waals surface area contributed by atoms with Gasteiger partial charge < -0.3 is 5.32 Å². The molecule has 1 aliphatic heterocycles. The first-order chi connectivity index (χ1) is 6.40. The summed E-state index contributed by atoms with van der Waals surface area (Å²) in [7, 11) is 0. The van der Waals surface area contributed by atoms with Gasteiger partial charge in [-0.05, 0) is 18.4 Å². The summed E-state index contributed by atoms with van der Waals surface area (Å²) in [5, 5.41) is 3.33. The van der Waals surface area contributed by atoms with Crippen LogP contribution in [0.4, 0.5) is 0 Å². The van der Waals surface area contributed by atoms with E-state index in [9.17, 15) is 4.79 Å². The Morgan fingerprint density at radius 3 is 2.85 bits per heavy atom. The van der Waals surface area contributed by atoms with E-state index in [1.54, 1.807) is 0 Å². The van der Waals surface area contributed by atoms with Crippen LogP contribution < -0.4 is 5.32 Å². The first kappa shape index (κ1) is 8.91. The topological polar surface area (TPSA) is 32.3 Å². The molecule has 0 amide bonds. The molecule has 1 unspecified atom stereocenters. The van der Waals surface area contributed by atoms with Crippen LogP contribution in [0.15, 0.2) is 11.6 Å². The van der Waals surface area contributed by atoms with Crippen LogP contribution in [0.2, 0.25) is 0 Å². The number of aldehydes is 1. The molecule has 3 nitrogen and oxygen atoms in total. The molecule has 3 heteroatoms. The molecule has 0 radical (unpaired) electrons. The number of allylic oxidation sites excluding steroid dienone is 1. The third kappa shape index (κ3) is 1.98. The molecule has 1 heterocycles. The van der Waals surface area contributed by atoms with E-state index in [2.05, 4.69) is 16.3 Å². The number of nitrogens with one attached hydrogen (secondary N) is 1. The number of rotatable bonds is 2. The van der Waals surface area contributed by atoms with E-state index in [1.165, 1.54) is 0 Å². The number of nitrogens with zero attached hydrogens (tertiary/aromatic N) is 1. The van der Waals surface area contributed by atoms with Crippen molar-refractivity contribution in [2.45, 2.75) is 18.9 Å². The lowest BCUT2D eigenvalue weighted by atomic mass is 10.2. The van der Waals surface area contributed by atoms with Crippen LogP contribution in [0.3, 0.4) is 0 Å². The van der Waals surface area contributed by atoms with Crippen molar-refractivity contribution >= 4 is 6.29 Å². The fraction of sp³-hybridized carbons (Fsp3) is 0.700. The molecule has 1 atom stereocenters. The molecule has 0 aromatic carbocycles. The summed E-state index contributed by atoms with van der Waals surface area (Å²) in [5.41, 5.74) is 0.989. The Kier molecular flexibility index (Phi) is 2.76. The van der Waals surface area contributed by atoms with Gasteiger partial charge in [0.15, 0.2) is 0 Å². The highest BCUT2D eigenvalue weighted by molar-refractivity contribution is 5.74. The molecule has 1 aliphatic carbocycles. The quantitative estimate of drug-likeness (QED) is 0.615. The van der Waals surface area contributed by atoms with Gasteiger partial charge in [0.25, 0.3) is 0 Å². The maximum absolute atomic E-state index is 10.5. The van der Waals surface area contributed by atoms with Crippen molar-refractivity contribution < 1.29 is 4.79 Å². The molecule has 1 saturated heterocycles. The zero-order valence-electron chi connectivity index (χ0n) is 7.83. The molecule has 2 rings (SSSR count). The predicted molar refractivity (Wildman–Crippen MR) is 51.6 cm³/mol. The monoisotopic (exact) mass is 180 g/mol. The molecule has 0 saturated carbocycles. The fourth-order valence-electron chi connectivity index (χ4n) is 2.13. The summed E-state index contributed by atoms with van der Waals surface area (Å²) in [6, 6.07) is 0.530. The van der Waals surface area contributed by atoms with E-state index in [1.807, 2.05) is 0 Å². The van der Waals surface area contributed by atoms with Gasteiger partial charge in [0.05, 0.1) is 0 Å². The Bertz CT molecular complexity index is 219. The van der Waals surface area contributed by atoms with Gasteiger partial charge in [0, 0.05) is 32.2 Å². The number of piperazine rings is 1. The van der Waals surface area contributed by atoms with Crippen molar-refractivity contribution in [2.75, 3.05) is 26.2 Å². The van der Waals surface area contributed by atoms with Crippen molar-refractivity contribution in [3.63, 3.8) is 0 Å². The second-order valence-electron chi connectivity index (χ2n) is 3.75. The SMILES string of the molecule is O=CC1=CC(N2CCNCC2)CC1. The summed E-state index contributed by atoms with van der Waals surface area (Å²) in [5.74, 6) is 0. The van der Waals surface area contributed by atoms with Crippen LogP contribution in [0.5, 0.6) is 0 Å². The van der Waals surface area contributed by atoms with Gasteiger partial charge in [-0.3, -0.25) is 9.69 Å². The van der Waals surface area contributed by atoms with E-state index >= 15 is 0 Å². The van der Waals surface area contributed by atoms with Crippen LogP contribution in [0.1, 0.15) is 12.8 Å².